The normalized spacial score (nSPS) is 17.8. The summed E-state index contributed by atoms with van der Waals surface area (Å²) in [6.07, 6.45) is 0. The molecule has 100 valence electrons. The Morgan fingerprint density at radius 3 is 2.56 bits per heavy atom. The number of anilines is 1. The third-order valence-electron chi connectivity index (χ3n) is 3.45. The third-order valence-corrected chi connectivity index (χ3v) is 3.45. The van der Waals surface area contributed by atoms with Gasteiger partial charge in [0.05, 0.1) is 0 Å². The van der Waals surface area contributed by atoms with Crippen LogP contribution < -0.4 is 10.5 Å². The average molecular weight is 249 g/mol. The van der Waals surface area contributed by atoms with E-state index in [4.69, 9.17) is 10.5 Å². The molecule has 0 saturated carbocycles. The monoisotopic (exact) mass is 249 g/mol. The SMILES string of the molecule is CCN1CCN(CCOc2cccc(N)c2)CC1. The van der Waals surface area contributed by atoms with E-state index in [1.54, 1.807) is 0 Å². The molecule has 0 amide bonds. The number of nitrogens with two attached hydrogens (primary N) is 1. The zero-order valence-corrected chi connectivity index (χ0v) is 11.1. The lowest BCUT2D eigenvalue weighted by Crippen LogP contribution is -2.47. The fourth-order valence-electron chi connectivity index (χ4n) is 2.23. The fourth-order valence-corrected chi connectivity index (χ4v) is 2.23. The van der Waals surface area contributed by atoms with Crippen molar-refractivity contribution < 1.29 is 4.74 Å². The molecule has 1 fully saturated rings. The standard InChI is InChI=1S/C14H23N3O/c1-2-16-6-8-17(9-7-16)10-11-18-14-5-3-4-13(15)12-14/h3-5,12H,2,6-11,15H2,1H3. The Morgan fingerprint density at radius 1 is 1.17 bits per heavy atom. The van der Waals surface area contributed by atoms with Gasteiger partial charge in [-0.05, 0) is 18.7 Å². The number of nitrogens with zero attached hydrogens (tertiary/aromatic N) is 2. The first-order valence-electron chi connectivity index (χ1n) is 6.71. The smallest absolute Gasteiger partial charge is 0.121 e. The lowest BCUT2D eigenvalue weighted by molar-refractivity contribution is 0.121. The molecule has 1 aliphatic heterocycles. The van der Waals surface area contributed by atoms with Crippen LogP contribution in [-0.2, 0) is 0 Å². The second-order valence-electron chi connectivity index (χ2n) is 4.70. The van der Waals surface area contributed by atoms with Gasteiger partial charge in [-0.2, -0.15) is 0 Å². The van der Waals surface area contributed by atoms with E-state index in [-0.39, 0.29) is 0 Å². The zero-order chi connectivity index (χ0) is 12.8. The van der Waals surface area contributed by atoms with Gasteiger partial charge in [0.2, 0.25) is 0 Å². The summed E-state index contributed by atoms with van der Waals surface area (Å²) in [6, 6.07) is 7.61. The van der Waals surface area contributed by atoms with Crippen molar-refractivity contribution in [3.8, 4) is 5.75 Å². The van der Waals surface area contributed by atoms with Gasteiger partial charge in [-0.15, -0.1) is 0 Å². The highest BCUT2D eigenvalue weighted by Gasteiger charge is 2.14. The van der Waals surface area contributed by atoms with Crippen LogP contribution in [0.15, 0.2) is 24.3 Å². The maximum atomic E-state index is 5.71. The van der Waals surface area contributed by atoms with Gasteiger partial charge in [-0.3, -0.25) is 4.90 Å². The Labute approximate surface area is 109 Å². The highest BCUT2D eigenvalue weighted by atomic mass is 16.5. The number of benzene rings is 1. The van der Waals surface area contributed by atoms with Crippen LogP contribution in [0.25, 0.3) is 0 Å². The topological polar surface area (TPSA) is 41.7 Å². The molecule has 4 heteroatoms. The van der Waals surface area contributed by atoms with Gasteiger partial charge < -0.3 is 15.4 Å². The molecule has 2 rings (SSSR count). The predicted molar refractivity (Wildman–Crippen MR) is 74.9 cm³/mol. The number of nitrogen functional groups attached to an aromatic ring is 1. The van der Waals surface area contributed by atoms with Crippen molar-refractivity contribution in [3.05, 3.63) is 24.3 Å². The number of ether oxygens (including phenoxy) is 1. The van der Waals surface area contributed by atoms with Crippen LogP contribution in [0.2, 0.25) is 0 Å². The van der Waals surface area contributed by atoms with Gasteiger partial charge in [0.15, 0.2) is 0 Å². The Bertz CT molecular complexity index is 362. The summed E-state index contributed by atoms with van der Waals surface area (Å²) in [5.41, 5.74) is 6.46. The van der Waals surface area contributed by atoms with Crippen LogP contribution in [-0.4, -0.2) is 55.7 Å². The summed E-state index contributed by atoms with van der Waals surface area (Å²) >= 11 is 0. The van der Waals surface area contributed by atoms with Crippen molar-refractivity contribution >= 4 is 5.69 Å². The number of rotatable bonds is 5. The molecule has 2 N–H and O–H groups in total. The van der Waals surface area contributed by atoms with Crippen LogP contribution in [0.1, 0.15) is 6.92 Å². The van der Waals surface area contributed by atoms with Crippen molar-refractivity contribution in [3.63, 3.8) is 0 Å². The number of hydrogen-bond donors (Lipinski definition) is 1. The number of piperazine rings is 1. The van der Waals surface area contributed by atoms with Gasteiger partial charge in [0, 0.05) is 44.5 Å². The van der Waals surface area contributed by atoms with E-state index in [9.17, 15) is 0 Å². The fraction of sp³-hybridized carbons (Fsp3) is 0.571. The highest BCUT2D eigenvalue weighted by Crippen LogP contribution is 2.14. The summed E-state index contributed by atoms with van der Waals surface area (Å²) in [6.45, 7) is 9.75. The second kappa shape index (κ2) is 6.61. The average Bonchev–Trinajstić information content (AvgIpc) is 2.40. The molecule has 1 heterocycles. The van der Waals surface area contributed by atoms with Gasteiger partial charge in [-0.25, -0.2) is 0 Å². The van der Waals surface area contributed by atoms with E-state index in [1.165, 1.54) is 13.1 Å². The lowest BCUT2D eigenvalue weighted by atomic mass is 10.3. The Balaban J connectivity index is 1.67. The quantitative estimate of drug-likeness (QED) is 0.798. The van der Waals surface area contributed by atoms with Gasteiger partial charge >= 0.3 is 0 Å². The van der Waals surface area contributed by atoms with Crippen molar-refractivity contribution in [1.29, 1.82) is 0 Å². The van der Waals surface area contributed by atoms with Crippen LogP contribution in [0.4, 0.5) is 5.69 Å². The van der Waals surface area contributed by atoms with E-state index in [0.717, 1.165) is 44.2 Å². The minimum Gasteiger partial charge on any atom is -0.492 e. The van der Waals surface area contributed by atoms with E-state index >= 15 is 0 Å². The predicted octanol–water partition coefficient (Wildman–Crippen LogP) is 1.29. The van der Waals surface area contributed by atoms with E-state index < -0.39 is 0 Å². The molecule has 18 heavy (non-hydrogen) atoms. The second-order valence-corrected chi connectivity index (χ2v) is 4.70. The molecular formula is C14H23N3O. The summed E-state index contributed by atoms with van der Waals surface area (Å²) in [5, 5.41) is 0. The van der Waals surface area contributed by atoms with Gasteiger partial charge in [0.25, 0.3) is 0 Å². The molecule has 1 aromatic carbocycles. The molecule has 0 atom stereocenters. The van der Waals surface area contributed by atoms with Crippen molar-refractivity contribution in [1.82, 2.24) is 9.80 Å². The lowest BCUT2D eigenvalue weighted by Gasteiger charge is -2.33. The molecule has 0 aliphatic carbocycles. The minimum atomic E-state index is 0.732. The Morgan fingerprint density at radius 2 is 1.89 bits per heavy atom. The minimum absolute atomic E-state index is 0.732. The summed E-state index contributed by atoms with van der Waals surface area (Å²) in [5.74, 6) is 0.863. The van der Waals surface area contributed by atoms with E-state index in [2.05, 4.69) is 16.7 Å². The molecule has 1 aliphatic rings. The molecule has 1 saturated heterocycles. The van der Waals surface area contributed by atoms with E-state index in [1.807, 2.05) is 24.3 Å². The van der Waals surface area contributed by atoms with E-state index in [0.29, 0.717) is 0 Å². The molecule has 4 nitrogen and oxygen atoms in total. The first kappa shape index (κ1) is 13.2. The number of likely N-dealkylation sites (N-methyl/N-ethyl adjacent to an activating group) is 1. The Kier molecular flexibility index (Phi) is 4.84. The first-order valence-corrected chi connectivity index (χ1v) is 6.71. The first-order chi connectivity index (χ1) is 8.78. The zero-order valence-electron chi connectivity index (χ0n) is 11.1. The van der Waals surface area contributed by atoms with Crippen molar-refractivity contribution in [2.75, 3.05) is 51.6 Å². The molecule has 0 bridgehead atoms. The van der Waals surface area contributed by atoms with Crippen LogP contribution in [0, 0.1) is 0 Å². The molecule has 0 unspecified atom stereocenters. The molecular weight excluding hydrogens is 226 g/mol. The third kappa shape index (κ3) is 3.89. The largest absolute Gasteiger partial charge is 0.492 e. The van der Waals surface area contributed by atoms with Gasteiger partial charge in [0.1, 0.15) is 12.4 Å². The maximum Gasteiger partial charge on any atom is 0.121 e. The highest BCUT2D eigenvalue weighted by molar-refractivity contribution is 5.43. The van der Waals surface area contributed by atoms with Crippen LogP contribution >= 0.6 is 0 Å². The number of hydrogen-bond acceptors (Lipinski definition) is 4. The van der Waals surface area contributed by atoms with Gasteiger partial charge in [-0.1, -0.05) is 13.0 Å². The van der Waals surface area contributed by atoms with Crippen LogP contribution in [0.3, 0.4) is 0 Å². The molecule has 0 spiro atoms. The van der Waals surface area contributed by atoms with Crippen molar-refractivity contribution in [2.24, 2.45) is 0 Å². The van der Waals surface area contributed by atoms with Crippen LogP contribution in [0.5, 0.6) is 5.75 Å². The summed E-state index contributed by atoms with van der Waals surface area (Å²) in [4.78, 5) is 4.94. The maximum absolute atomic E-state index is 5.71. The summed E-state index contributed by atoms with van der Waals surface area (Å²) in [7, 11) is 0. The molecule has 0 radical (unpaired) electrons. The Hall–Kier alpha value is -1.26. The van der Waals surface area contributed by atoms with Crippen molar-refractivity contribution in [2.45, 2.75) is 6.92 Å². The summed E-state index contributed by atoms with van der Waals surface area (Å²) < 4.78 is 5.71. The molecule has 0 aromatic heterocycles. The molecule has 1 aromatic rings.